The first-order valence-corrected chi connectivity index (χ1v) is 21.9. The molecule has 2 N–H and O–H groups in total. The number of nitriles is 1. The molecular formula is C46H52ClN7O6. The number of fused-ring (bicyclic) bond motifs is 3. The molecule has 0 radical (unpaired) electrons. The number of anilines is 2. The highest BCUT2D eigenvalue weighted by molar-refractivity contribution is 6.31. The number of imide groups is 2. The van der Waals surface area contributed by atoms with Crippen LogP contribution in [0.25, 0.3) is 0 Å². The molecule has 2 bridgehead atoms. The van der Waals surface area contributed by atoms with Crippen LogP contribution in [0.4, 0.5) is 11.4 Å². The van der Waals surface area contributed by atoms with Crippen LogP contribution in [0, 0.1) is 11.3 Å². The second kappa shape index (κ2) is 18.4. The second-order valence-electron chi connectivity index (χ2n) is 16.7. The van der Waals surface area contributed by atoms with E-state index in [0.29, 0.717) is 34.1 Å². The second-order valence-corrected chi connectivity index (χ2v) is 17.1. The third-order valence-corrected chi connectivity index (χ3v) is 13.1. The van der Waals surface area contributed by atoms with E-state index < -0.39 is 29.7 Å². The Morgan fingerprint density at radius 2 is 1.57 bits per heavy atom. The van der Waals surface area contributed by atoms with E-state index in [1.807, 2.05) is 12.1 Å². The molecule has 13 nitrogen and oxygen atoms in total. The van der Waals surface area contributed by atoms with Crippen molar-refractivity contribution in [2.75, 3.05) is 49.5 Å². The van der Waals surface area contributed by atoms with Gasteiger partial charge in [0, 0.05) is 87.1 Å². The highest BCUT2D eigenvalue weighted by Crippen LogP contribution is 2.39. The minimum Gasteiger partial charge on any atom is -0.490 e. The largest absolute Gasteiger partial charge is 0.490 e. The lowest BCUT2D eigenvalue weighted by Gasteiger charge is -2.39. The van der Waals surface area contributed by atoms with Crippen LogP contribution >= 0.6 is 11.6 Å². The Kier molecular flexibility index (Phi) is 12.7. The number of benzene rings is 3. The molecule has 5 heterocycles. The van der Waals surface area contributed by atoms with Crippen molar-refractivity contribution in [3.8, 4) is 11.8 Å². The molecule has 3 atom stereocenters. The van der Waals surface area contributed by atoms with Gasteiger partial charge < -0.3 is 19.9 Å². The summed E-state index contributed by atoms with van der Waals surface area (Å²) in [4.78, 5) is 72.2. The molecule has 0 aliphatic carbocycles. The molecule has 60 heavy (non-hydrogen) atoms. The van der Waals surface area contributed by atoms with Crippen LogP contribution in [-0.4, -0.2) is 108 Å². The molecule has 4 saturated heterocycles. The molecule has 3 aromatic carbocycles. The predicted molar refractivity (Wildman–Crippen MR) is 227 cm³/mol. The monoisotopic (exact) mass is 833 g/mol. The van der Waals surface area contributed by atoms with Crippen LogP contribution in [0.1, 0.15) is 114 Å². The minimum absolute atomic E-state index is 0.00913. The number of hydrogen-bond donors (Lipinski definition) is 2. The van der Waals surface area contributed by atoms with Crippen LogP contribution in [0.2, 0.25) is 5.02 Å². The fraction of sp³-hybridized carbons (Fsp3) is 0.478. The molecule has 5 amide bonds. The maximum absolute atomic E-state index is 13.7. The van der Waals surface area contributed by atoms with Crippen LogP contribution in [0.5, 0.6) is 5.75 Å². The van der Waals surface area contributed by atoms with E-state index >= 15 is 0 Å². The third kappa shape index (κ3) is 8.86. The standard InChI is InChI=1S/C46H52ClN7O6/c47-38-28-35(17-12-31(38)29-48)60-36-26-33-15-16-34(27-36)53(33)44(57)30-10-13-32(14-11-30)52-24-22-51(23-25-52)21-6-4-2-1-3-5-20-49-39-9-7-8-37-42(39)46(59)54(45(37)58)40-18-19-41(55)50-43(40)56/h7-14,17,28,33-34,36,40,49H,1-6,15-16,18-27H2,(H,50,55,56). The summed E-state index contributed by atoms with van der Waals surface area (Å²) in [6, 6.07) is 19.9. The Labute approximate surface area is 355 Å². The van der Waals surface area contributed by atoms with Crippen LogP contribution in [0.15, 0.2) is 60.7 Å². The number of piperidine rings is 2. The average Bonchev–Trinajstić information content (AvgIpc) is 3.67. The number of nitrogens with zero attached hydrogens (tertiary/aromatic N) is 5. The SMILES string of the molecule is N#Cc1ccc(OC2CC3CCC(C2)N3C(=O)c2ccc(N3CCN(CCCCCCCCNc4cccc5c4C(=O)N(C4CCC(=O)NC4=O)C5=O)CC3)cc2)cc1Cl. The zero-order valence-electron chi connectivity index (χ0n) is 33.9. The van der Waals surface area contributed by atoms with Gasteiger partial charge in [0.05, 0.1) is 21.7 Å². The van der Waals surface area contributed by atoms with E-state index in [2.05, 4.69) is 43.5 Å². The molecule has 314 valence electrons. The highest BCUT2D eigenvalue weighted by Gasteiger charge is 2.46. The number of halogens is 1. The van der Waals surface area contributed by atoms with Crippen molar-refractivity contribution < 1.29 is 28.7 Å². The van der Waals surface area contributed by atoms with Gasteiger partial charge in [-0.05, 0) is 87.2 Å². The first-order valence-electron chi connectivity index (χ1n) is 21.5. The number of piperazine rings is 1. The van der Waals surface area contributed by atoms with E-state index in [4.69, 9.17) is 21.6 Å². The van der Waals surface area contributed by atoms with E-state index in [9.17, 15) is 24.0 Å². The van der Waals surface area contributed by atoms with E-state index in [0.717, 1.165) is 93.8 Å². The summed E-state index contributed by atoms with van der Waals surface area (Å²) in [7, 11) is 0. The number of amides is 5. The van der Waals surface area contributed by atoms with Gasteiger partial charge in [0.1, 0.15) is 24.0 Å². The molecule has 0 spiro atoms. The molecule has 3 aromatic rings. The average molecular weight is 834 g/mol. The molecule has 14 heteroatoms. The Balaban J connectivity index is 0.700. The summed E-state index contributed by atoms with van der Waals surface area (Å²) in [5.74, 6) is -1.22. The highest BCUT2D eigenvalue weighted by atomic mass is 35.5. The molecule has 3 unspecified atom stereocenters. The van der Waals surface area contributed by atoms with Crippen molar-refractivity contribution in [2.24, 2.45) is 0 Å². The van der Waals surface area contributed by atoms with Gasteiger partial charge >= 0.3 is 0 Å². The summed E-state index contributed by atoms with van der Waals surface area (Å²) in [6.07, 6.45) is 10.4. The van der Waals surface area contributed by atoms with Gasteiger partial charge in [0.2, 0.25) is 11.8 Å². The molecule has 0 saturated carbocycles. The van der Waals surface area contributed by atoms with Crippen molar-refractivity contribution in [3.05, 3.63) is 87.9 Å². The Hall–Kier alpha value is -5.45. The van der Waals surface area contributed by atoms with Crippen LogP contribution in [0.3, 0.4) is 0 Å². The maximum atomic E-state index is 13.7. The molecular weight excluding hydrogens is 782 g/mol. The van der Waals surface area contributed by atoms with Crippen molar-refractivity contribution in [1.29, 1.82) is 5.26 Å². The Morgan fingerprint density at radius 1 is 0.850 bits per heavy atom. The first kappa shape index (κ1) is 41.3. The van der Waals surface area contributed by atoms with Crippen LogP contribution < -0.4 is 20.3 Å². The topological polar surface area (TPSA) is 155 Å². The number of carbonyl (C=O) groups excluding carboxylic acids is 5. The Morgan fingerprint density at radius 3 is 2.27 bits per heavy atom. The van der Waals surface area contributed by atoms with Gasteiger partial charge in [-0.3, -0.25) is 39.1 Å². The van der Waals surface area contributed by atoms with E-state index in [1.165, 1.54) is 19.3 Å². The number of unbranched alkanes of at least 4 members (excludes halogenated alkanes) is 5. The number of carbonyl (C=O) groups is 5. The Bertz CT molecular complexity index is 2150. The smallest absolute Gasteiger partial charge is 0.264 e. The van der Waals surface area contributed by atoms with Gasteiger partial charge in [-0.25, -0.2) is 0 Å². The third-order valence-electron chi connectivity index (χ3n) is 12.8. The molecule has 5 aliphatic heterocycles. The normalized spacial score (nSPS) is 22.8. The lowest BCUT2D eigenvalue weighted by molar-refractivity contribution is -0.136. The first-order chi connectivity index (χ1) is 29.2. The maximum Gasteiger partial charge on any atom is 0.264 e. The lowest BCUT2D eigenvalue weighted by Crippen LogP contribution is -2.54. The predicted octanol–water partition coefficient (Wildman–Crippen LogP) is 6.40. The van der Waals surface area contributed by atoms with Gasteiger partial charge in [-0.15, -0.1) is 0 Å². The molecule has 5 aliphatic rings. The summed E-state index contributed by atoms with van der Waals surface area (Å²) in [5, 5.41) is 15.1. The number of nitrogens with one attached hydrogen (secondary N) is 2. The fourth-order valence-corrected chi connectivity index (χ4v) is 9.87. The van der Waals surface area contributed by atoms with E-state index in [1.54, 1.807) is 36.4 Å². The summed E-state index contributed by atoms with van der Waals surface area (Å²) >= 11 is 6.22. The zero-order valence-corrected chi connectivity index (χ0v) is 34.6. The van der Waals surface area contributed by atoms with E-state index in [-0.39, 0.29) is 42.5 Å². The number of ether oxygens (including phenoxy) is 1. The summed E-state index contributed by atoms with van der Waals surface area (Å²) in [5.41, 5.74) is 3.50. The van der Waals surface area contributed by atoms with Crippen LogP contribution in [-0.2, 0) is 9.59 Å². The van der Waals surface area contributed by atoms with Crippen molar-refractivity contribution in [1.82, 2.24) is 20.0 Å². The molecule has 0 aromatic heterocycles. The van der Waals surface area contributed by atoms with Gasteiger partial charge in [-0.1, -0.05) is 43.4 Å². The van der Waals surface area contributed by atoms with Gasteiger partial charge in [0.15, 0.2) is 0 Å². The molecule has 4 fully saturated rings. The van der Waals surface area contributed by atoms with Gasteiger partial charge in [-0.2, -0.15) is 5.26 Å². The quantitative estimate of drug-likeness (QED) is 0.130. The van der Waals surface area contributed by atoms with Crippen molar-refractivity contribution in [2.45, 2.75) is 101 Å². The summed E-state index contributed by atoms with van der Waals surface area (Å²) < 4.78 is 6.26. The number of rotatable bonds is 15. The van der Waals surface area contributed by atoms with Crippen molar-refractivity contribution >= 4 is 52.5 Å². The van der Waals surface area contributed by atoms with Gasteiger partial charge in [0.25, 0.3) is 17.7 Å². The minimum atomic E-state index is -0.973. The molecule has 8 rings (SSSR count). The number of hydrogen-bond acceptors (Lipinski definition) is 10. The van der Waals surface area contributed by atoms with Crippen molar-refractivity contribution in [3.63, 3.8) is 0 Å². The fourth-order valence-electron chi connectivity index (χ4n) is 9.65. The summed E-state index contributed by atoms with van der Waals surface area (Å²) in [6.45, 7) is 5.72. The lowest BCUT2D eigenvalue weighted by atomic mass is 9.98. The zero-order chi connectivity index (χ0) is 41.8.